The third-order valence-corrected chi connectivity index (χ3v) is 2.51. The summed E-state index contributed by atoms with van der Waals surface area (Å²) >= 11 is 3.33. The molecule has 0 aliphatic carbocycles. The number of aromatic nitrogens is 1. The second-order valence-electron chi connectivity index (χ2n) is 3.16. The molecule has 1 unspecified atom stereocenters. The average molecular weight is 259 g/mol. The molecule has 0 bridgehead atoms. The standard InChI is InChI=1S/C9H11BrN2O2/c10-6-3-8-9(11-4-6)12-7(1-2-13)5-14-8/h3-4,7,13H,1-2,5H2,(H,11,12). The number of ether oxygens (including phenoxy) is 1. The van der Waals surface area contributed by atoms with Crippen molar-refractivity contribution in [3.05, 3.63) is 16.7 Å². The Morgan fingerprint density at radius 1 is 1.71 bits per heavy atom. The number of anilines is 1. The van der Waals surface area contributed by atoms with Gasteiger partial charge in [0, 0.05) is 17.3 Å². The molecule has 1 aliphatic rings. The van der Waals surface area contributed by atoms with Crippen LogP contribution >= 0.6 is 15.9 Å². The molecule has 0 amide bonds. The molecule has 2 rings (SSSR count). The molecule has 0 saturated heterocycles. The zero-order chi connectivity index (χ0) is 9.97. The maximum Gasteiger partial charge on any atom is 0.169 e. The molecule has 1 aromatic heterocycles. The molecule has 5 heteroatoms. The highest BCUT2D eigenvalue weighted by Gasteiger charge is 2.19. The van der Waals surface area contributed by atoms with Crippen molar-refractivity contribution in [1.82, 2.24) is 4.98 Å². The smallest absolute Gasteiger partial charge is 0.169 e. The molecule has 0 spiro atoms. The Hall–Kier alpha value is -0.810. The van der Waals surface area contributed by atoms with Gasteiger partial charge >= 0.3 is 0 Å². The van der Waals surface area contributed by atoms with E-state index in [1.807, 2.05) is 6.07 Å². The summed E-state index contributed by atoms with van der Waals surface area (Å²) in [5, 5.41) is 12.0. The van der Waals surface area contributed by atoms with Gasteiger partial charge in [-0.15, -0.1) is 0 Å². The maximum absolute atomic E-state index is 8.79. The van der Waals surface area contributed by atoms with Crippen LogP contribution in [0.15, 0.2) is 16.7 Å². The number of pyridine rings is 1. The van der Waals surface area contributed by atoms with Crippen molar-refractivity contribution in [3.8, 4) is 5.75 Å². The molecule has 1 aromatic rings. The number of hydrogen-bond donors (Lipinski definition) is 2. The largest absolute Gasteiger partial charge is 0.488 e. The van der Waals surface area contributed by atoms with E-state index in [1.165, 1.54) is 0 Å². The van der Waals surface area contributed by atoms with Crippen LogP contribution in [0.4, 0.5) is 5.82 Å². The first kappa shape index (κ1) is 9.73. The molecule has 0 fully saturated rings. The summed E-state index contributed by atoms with van der Waals surface area (Å²) < 4.78 is 6.40. The van der Waals surface area contributed by atoms with Crippen molar-refractivity contribution in [3.63, 3.8) is 0 Å². The van der Waals surface area contributed by atoms with Crippen LogP contribution in [0.25, 0.3) is 0 Å². The van der Waals surface area contributed by atoms with Gasteiger partial charge in [-0.25, -0.2) is 4.98 Å². The Labute approximate surface area is 90.4 Å². The van der Waals surface area contributed by atoms with Crippen LogP contribution in [0, 0.1) is 0 Å². The number of nitrogens with zero attached hydrogens (tertiary/aromatic N) is 1. The predicted molar refractivity (Wildman–Crippen MR) is 56.5 cm³/mol. The zero-order valence-corrected chi connectivity index (χ0v) is 9.12. The van der Waals surface area contributed by atoms with Gasteiger partial charge in [-0.05, 0) is 28.4 Å². The van der Waals surface area contributed by atoms with Gasteiger partial charge in [-0.2, -0.15) is 0 Å². The zero-order valence-electron chi connectivity index (χ0n) is 7.53. The van der Waals surface area contributed by atoms with E-state index in [9.17, 15) is 0 Å². The van der Waals surface area contributed by atoms with Crippen molar-refractivity contribution in [2.24, 2.45) is 0 Å². The minimum atomic E-state index is 0.154. The summed E-state index contributed by atoms with van der Waals surface area (Å²) in [7, 11) is 0. The van der Waals surface area contributed by atoms with Crippen LogP contribution in [0.1, 0.15) is 6.42 Å². The fourth-order valence-corrected chi connectivity index (χ4v) is 1.69. The van der Waals surface area contributed by atoms with Crippen molar-refractivity contribution < 1.29 is 9.84 Å². The molecule has 14 heavy (non-hydrogen) atoms. The summed E-state index contributed by atoms with van der Waals surface area (Å²) in [6, 6.07) is 2.03. The fourth-order valence-electron chi connectivity index (χ4n) is 1.38. The number of aliphatic hydroxyl groups excluding tert-OH is 1. The summed E-state index contributed by atoms with van der Waals surface area (Å²) in [5.74, 6) is 1.51. The normalized spacial score (nSPS) is 19.4. The first-order chi connectivity index (χ1) is 6.79. The molecule has 0 radical (unpaired) electrons. The molecule has 2 heterocycles. The van der Waals surface area contributed by atoms with Crippen LogP contribution < -0.4 is 10.1 Å². The van der Waals surface area contributed by atoms with Crippen LogP contribution in [-0.4, -0.2) is 29.3 Å². The number of aliphatic hydroxyl groups is 1. The highest BCUT2D eigenvalue weighted by molar-refractivity contribution is 9.10. The Morgan fingerprint density at radius 3 is 3.36 bits per heavy atom. The van der Waals surface area contributed by atoms with Gasteiger partial charge in [0.15, 0.2) is 11.6 Å². The Kier molecular flexibility index (Phi) is 2.88. The predicted octanol–water partition coefficient (Wildman–Crippen LogP) is 1.40. The quantitative estimate of drug-likeness (QED) is 0.842. The van der Waals surface area contributed by atoms with E-state index in [4.69, 9.17) is 9.84 Å². The van der Waals surface area contributed by atoms with E-state index in [1.54, 1.807) is 6.20 Å². The van der Waals surface area contributed by atoms with Gasteiger partial charge in [0.25, 0.3) is 0 Å². The fraction of sp³-hybridized carbons (Fsp3) is 0.444. The lowest BCUT2D eigenvalue weighted by atomic mass is 10.2. The second kappa shape index (κ2) is 4.14. The van der Waals surface area contributed by atoms with Crippen molar-refractivity contribution >= 4 is 21.7 Å². The van der Waals surface area contributed by atoms with Gasteiger partial charge in [-0.1, -0.05) is 0 Å². The van der Waals surface area contributed by atoms with Crippen molar-refractivity contribution in [2.45, 2.75) is 12.5 Å². The number of halogens is 1. The summed E-state index contributed by atoms with van der Waals surface area (Å²) in [5.41, 5.74) is 0. The minimum absolute atomic E-state index is 0.154. The lowest BCUT2D eigenvalue weighted by Gasteiger charge is -2.25. The summed E-state index contributed by atoms with van der Waals surface area (Å²) in [4.78, 5) is 4.19. The molecular formula is C9H11BrN2O2. The number of nitrogens with one attached hydrogen (secondary N) is 1. The Bertz CT molecular complexity index is 333. The Balaban J connectivity index is 2.15. The first-order valence-corrected chi connectivity index (χ1v) is 5.24. The lowest BCUT2D eigenvalue weighted by molar-refractivity contribution is 0.232. The maximum atomic E-state index is 8.79. The van der Waals surface area contributed by atoms with Crippen LogP contribution in [0.2, 0.25) is 0 Å². The number of fused-ring (bicyclic) bond motifs is 1. The SMILES string of the molecule is OCCC1COc2cc(Br)cnc2N1. The molecular weight excluding hydrogens is 248 g/mol. The van der Waals surface area contributed by atoms with Crippen LogP contribution in [0.5, 0.6) is 5.75 Å². The van der Waals surface area contributed by atoms with Crippen LogP contribution in [-0.2, 0) is 0 Å². The molecule has 2 N–H and O–H groups in total. The third-order valence-electron chi connectivity index (χ3n) is 2.08. The van der Waals surface area contributed by atoms with Crippen LogP contribution in [0.3, 0.4) is 0 Å². The van der Waals surface area contributed by atoms with E-state index in [-0.39, 0.29) is 12.6 Å². The molecule has 0 aromatic carbocycles. The van der Waals surface area contributed by atoms with Gasteiger partial charge in [-0.3, -0.25) is 0 Å². The van der Waals surface area contributed by atoms with E-state index < -0.39 is 0 Å². The topological polar surface area (TPSA) is 54.4 Å². The average Bonchev–Trinajstić information content (AvgIpc) is 2.19. The minimum Gasteiger partial charge on any atom is -0.488 e. The molecule has 1 atom stereocenters. The molecule has 0 saturated carbocycles. The van der Waals surface area contributed by atoms with Gasteiger partial charge < -0.3 is 15.2 Å². The Morgan fingerprint density at radius 2 is 2.57 bits per heavy atom. The summed E-state index contributed by atoms with van der Waals surface area (Å²) in [6.45, 7) is 0.735. The summed E-state index contributed by atoms with van der Waals surface area (Å²) in [6.07, 6.45) is 2.40. The highest BCUT2D eigenvalue weighted by atomic mass is 79.9. The van der Waals surface area contributed by atoms with E-state index >= 15 is 0 Å². The van der Waals surface area contributed by atoms with Crippen molar-refractivity contribution in [2.75, 3.05) is 18.5 Å². The molecule has 1 aliphatic heterocycles. The van der Waals surface area contributed by atoms with Crippen molar-refractivity contribution in [1.29, 1.82) is 0 Å². The third kappa shape index (κ3) is 1.99. The number of rotatable bonds is 2. The van der Waals surface area contributed by atoms with E-state index in [2.05, 4.69) is 26.2 Å². The molecule has 76 valence electrons. The van der Waals surface area contributed by atoms with Gasteiger partial charge in [0.2, 0.25) is 0 Å². The highest BCUT2D eigenvalue weighted by Crippen LogP contribution is 2.29. The van der Waals surface area contributed by atoms with Gasteiger partial charge in [0.1, 0.15) is 6.61 Å². The number of hydrogen-bond acceptors (Lipinski definition) is 4. The lowest BCUT2D eigenvalue weighted by Crippen LogP contribution is -2.32. The second-order valence-corrected chi connectivity index (χ2v) is 4.08. The van der Waals surface area contributed by atoms with Gasteiger partial charge in [0.05, 0.1) is 6.04 Å². The first-order valence-electron chi connectivity index (χ1n) is 4.45. The van der Waals surface area contributed by atoms with E-state index in [0.717, 1.165) is 16.0 Å². The van der Waals surface area contributed by atoms with E-state index in [0.29, 0.717) is 13.0 Å². The monoisotopic (exact) mass is 258 g/mol. The molecule has 4 nitrogen and oxygen atoms in total.